The second kappa shape index (κ2) is 7.60. The van der Waals surface area contributed by atoms with Crippen molar-refractivity contribution < 1.29 is 4.74 Å². The number of hydrogen-bond donors (Lipinski definition) is 1. The lowest BCUT2D eigenvalue weighted by atomic mass is 10.3. The quantitative estimate of drug-likeness (QED) is 0.659. The van der Waals surface area contributed by atoms with Crippen molar-refractivity contribution in [1.29, 1.82) is 0 Å². The number of hydrogen-bond acceptors (Lipinski definition) is 5. The van der Waals surface area contributed by atoms with E-state index in [1.807, 2.05) is 12.1 Å². The van der Waals surface area contributed by atoms with Gasteiger partial charge in [-0.3, -0.25) is 0 Å². The fraction of sp³-hybridized carbons (Fsp3) is 0.364. The van der Waals surface area contributed by atoms with Gasteiger partial charge in [0.2, 0.25) is 0 Å². The third-order valence-electron chi connectivity index (χ3n) is 2.49. The standard InChI is InChI=1S/C11H12Br3N5O/c1-20-3-2-15-6-10-16-17-18-19(10)11-8(13)4-7(12)5-9(11)14/h4-5,15H,2-3,6H2,1H3. The van der Waals surface area contributed by atoms with E-state index in [0.29, 0.717) is 13.2 Å². The van der Waals surface area contributed by atoms with Crippen LogP contribution in [-0.4, -0.2) is 40.5 Å². The summed E-state index contributed by atoms with van der Waals surface area (Å²) in [5, 5.41) is 15.0. The number of halogens is 3. The SMILES string of the molecule is COCCNCc1nnnn1-c1c(Br)cc(Br)cc1Br. The van der Waals surface area contributed by atoms with Gasteiger partial charge >= 0.3 is 0 Å². The highest BCUT2D eigenvalue weighted by molar-refractivity contribution is 9.11. The summed E-state index contributed by atoms with van der Waals surface area (Å²) >= 11 is 10.5. The minimum Gasteiger partial charge on any atom is -0.383 e. The zero-order valence-corrected chi connectivity index (χ0v) is 15.4. The van der Waals surface area contributed by atoms with E-state index in [9.17, 15) is 0 Å². The number of aromatic nitrogens is 4. The Kier molecular flexibility index (Phi) is 6.09. The van der Waals surface area contributed by atoms with Gasteiger partial charge in [-0.05, 0) is 54.4 Å². The zero-order valence-electron chi connectivity index (χ0n) is 10.6. The lowest BCUT2D eigenvalue weighted by molar-refractivity contribution is 0.199. The van der Waals surface area contributed by atoms with Crippen molar-refractivity contribution >= 4 is 47.8 Å². The Morgan fingerprint density at radius 2 is 1.95 bits per heavy atom. The van der Waals surface area contributed by atoms with Crippen LogP contribution in [0.1, 0.15) is 5.82 Å². The molecule has 0 unspecified atom stereocenters. The molecule has 0 aliphatic heterocycles. The van der Waals surface area contributed by atoms with Gasteiger partial charge in [0, 0.05) is 27.1 Å². The van der Waals surface area contributed by atoms with E-state index in [2.05, 4.69) is 68.6 Å². The van der Waals surface area contributed by atoms with Crippen molar-refractivity contribution in [2.24, 2.45) is 0 Å². The van der Waals surface area contributed by atoms with Gasteiger partial charge in [0.1, 0.15) is 0 Å². The summed E-state index contributed by atoms with van der Waals surface area (Å²) in [5.41, 5.74) is 0.863. The van der Waals surface area contributed by atoms with Gasteiger partial charge in [-0.25, -0.2) is 0 Å². The Balaban J connectivity index is 2.24. The van der Waals surface area contributed by atoms with Crippen molar-refractivity contribution in [1.82, 2.24) is 25.5 Å². The van der Waals surface area contributed by atoms with Crippen LogP contribution in [0.15, 0.2) is 25.6 Å². The second-order valence-corrected chi connectivity index (χ2v) is 6.52. The van der Waals surface area contributed by atoms with Crippen molar-refractivity contribution in [2.45, 2.75) is 6.54 Å². The predicted octanol–water partition coefficient (Wildman–Crippen LogP) is 2.69. The molecule has 2 rings (SSSR count). The number of rotatable bonds is 6. The van der Waals surface area contributed by atoms with E-state index in [1.54, 1.807) is 11.8 Å². The summed E-state index contributed by atoms with van der Waals surface area (Å²) < 4.78 is 9.43. The molecule has 0 spiro atoms. The maximum absolute atomic E-state index is 4.99. The molecule has 0 atom stereocenters. The van der Waals surface area contributed by atoms with E-state index in [1.165, 1.54) is 0 Å². The van der Waals surface area contributed by atoms with Gasteiger partial charge in [0.15, 0.2) is 5.82 Å². The summed E-state index contributed by atoms with van der Waals surface area (Å²) in [6.45, 7) is 1.95. The van der Waals surface area contributed by atoms with Gasteiger partial charge in [-0.1, -0.05) is 15.9 Å². The molecule has 0 amide bonds. The molecule has 1 heterocycles. The van der Waals surface area contributed by atoms with Crippen LogP contribution in [0.3, 0.4) is 0 Å². The number of methoxy groups -OCH3 is 1. The Morgan fingerprint density at radius 3 is 2.60 bits per heavy atom. The maximum atomic E-state index is 4.99. The first-order chi connectivity index (χ1) is 9.63. The van der Waals surface area contributed by atoms with Crippen molar-refractivity contribution in [3.05, 3.63) is 31.4 Å². The third kappa shape index (κ3) is 3.85. The topological polar surface area (TPSA) is 64.9 Å². The van der Waals surface area contributed by atoms with E-state index < -0.39 is 0 Å². The number of benzene rings is 1. The molecule has 6 nitrogen and oxygen atoms in total. The van der Waals surface area contributed by atoms with Crippen molar-refractivity contribution in [3.63, 3.8) is 0 Å². The Hall–Kier alpha value is -0.350. The largest absolute Gasteiger partial charge is 0.383 e. The molecule has 0 saturated carbocycles. The first-order valence-corrected chi connectivity index (χ1v) is 8.13. The highest BCUT2D eigenvalue weighted by Gasteiger charge is 2.15. The molecule has 0 bridgehead atoms. The number of tetrazole rings is 1. The Bertz CT molecular complexity index is 566. The highest BCUT2D eigenvalue weighted by Crippen LogP contribution is 2.32. The van der Waals surface area contributed by atoms with E-state index in [4.69, 9.17) is 4.74 Å². The van der Waals surface area contributed by atoms with E-state index >= 15 is 0 Å². The second-order valence-electron chi connectivity index (χ2n) is 3.89. The normalized spacial score (nSPS) is 11.0. The van der Waals surface area contributed by atoms with Crippen LogP contribution < -0.4 is 5.32 Å². The minimum atomic E-state index is 0.561. The van der Waals surface area contributed by atoms with Crippen LogP contribution in [0.5, 0.6) is 0 Å². The molecule has 9 heteroatoms. The Morgan fingerprint density at radius 1 is 1.25 bits per heavy atom. The molecule has 0 saturated heterocycles. The smallest absolute Gasteiger partial charge is 0.170 e. The number of ether oxygens (including phenoxy) is 1. The van der Waals surface area contributed by atoms with Crippen LogP contribution in [0.4, 0.5) is 0 Å². The monoisotopic (exact) mass is 467 g/mol. The van der Waals surface area contributed by atoms with Crippen LogP contribution in [0, 0.1) is 0 Å². The van der Waals surface area contributed by atoms with Crippen LogP contribution >= 0.6 is 47.8 Å². The molecule has 0 radical (unpaired) electrons. The average Bonchev–Trinajstić information content (AvgIpc) is 2.82. The maximum Gasteiger partial charge on any atom is 0.170 e. The minimum absolute atomic E-state index is 0.561. The molecule has 1 aromatic carbocycles. The summed E-state index contributed by atoms with van der Waals surface area (Å²) in [5.74, 6) is 0.727. The van der Waals surface area contributed by atoms with Crippen molar-refractivity contribution in [3.8, 4) is 5.69 Å². The molecule has 0 aliphatic rings. The number of nitrogens with zero attached hydrogens (tertiary/aromatic N) is 4. The molecular formula is C11H12Br3N5O. The van der Waals surface area contributed by atoms with Crippen LogP contribution in [-0.2, 0) is 11.3 Å². The lowest BCUT2D eigenvalue weighted by Crippen LogP contribution is -2.21. The van der Waals surface area contributed by atoms with Gasteiger partial charge in [0.05, 0.1) is 18.8 Å². The van der Waals surface area contributed by atoms with Gasteiger partial charge < -0.3 is 10.1 Å². The zero-order chi connectivity index (χ0) is 14.5. The molecule has 0 fully saturated rings. The molecule has 20 heavy (non-hydrogen) atoms. The third-order valence-corrected chi connectivity index (χ3v) is 4.16. The van der Waals surface area contributed by atoms with Gasteiger partial charge in [-0.2, -0.15) is 4.68 Å². The molecule has 108 valence electrons. The molecule has 1 N–H and O–H groups in total. The van der Waals surface area contributed by atoms with Crippen LogP contribution in [0.2, 0.25) is 0 Å². The summed E-state index contributed by atoms with van der Waals surface area (Å²) in [7, 11) is 1.67. The average molecular weight is 470 g/mol. The van der Waals surface area contributed by atoms with Gasteiger partial charge in [0.25, 0.3) is 0 Å². The fourth-order valence-corrected chi connectivity index (χ4v) is 4.20. The molecule has 1 aromatic heterocycles. The molecule has 2 aromatic rings. The predicted molar refractivity (Wildman–Crippen MR) is 85.8 cm³/mol. The first-order valence-electron chi connectivity index (χ1n) is 5.75. The Labute approximate surface area is 141 Å². The van der Waals surface area contributed by atoms with Crippen molar-refractivity contribution in [2.75, 3.05) is 20.3 Å². The fourth-order valence-electron chi connectivity index (χ4n) is 1.60. The highest BCUT2D eigenvalue weighted by atomic mass is 79.9. The van der Waals surface area contributed by atoms with Gasteiger partial charge in [-0.15, -0.1) is 5.10 Å². The van der Waals surface area contributed by atoms with E-state index in [0.717, 1.165) is 31.5 Å². The lowest BCUT2D eigenvalue weighted by Gasteiger charge is -2.10. The number of nitrogens with one attached hydrogen (secondary N) is 1. The first kappa shape index (κ1) is 16.0. The summed E-state index contributed by atoms with van der Waals surface area (Å²) in [4.78, 5) is 0. The summed E-state index contributed by atoms with van der Waals surface area (Å²) in [6.07, 6.45) is 0. The molecular weight excluding hydrogens is 458 g/mol. The van der Waals surface area contributed by atoms with E-state index in [-0.39, 0.29) is 0 Å². The van der Waals surface area contributed by atoms with Crippen LogP contribution in [0.25, 0.3) is 5.69 Å². The summed E-state index contributed by atoms with van der Waals surface area (Å²) in [6, 6.07) is 3.90. The molecule has 0 aliphatic carbocycles.